The summed E-state index contributed by atoms with van der Waals surface area (Å²) in [5, 5.41) is 0. The maximum Gasteiger partial charge on any atom is 0.287 e. The minimum absolute atomic E-state index is 0.507. The van der Waals surface area contributed by atoms with Gasteiger partial charge < -0.3 is 10.4 Å². The molecule has 0 aromatic rings. The van der Waals surface area contributed by atoms with E-state index in [4.69, 9.17) is 6.21 Å². The van der Waals surface area contributed by atoms with E-state index in [0.29, 0.717) is 6.19 Å². The average Bonchev–Trinajstić information content (AvgIpc) is 1.41. The predicted molar refractivity (Wildman–Crippen MR) is 16.7 cm³/mol. The third-order valence-electron chi connectivity index (χ3n) is 0.0680. The van der Waals surface area contributed by atoms with Gasteiger partial charge in [-0.3, -0.25) is 0 Å². The van der Waals surface area contributed by atoms with E-state index < -0.39 is 0 Å². The van der Waals surface area contributed by atoms with E-state index in [1.54, 1.807) is 5.64 Å². The first-order valence-corrected chi connectivity index (χ1v) is 0.858. The molecule has 0 aliphatic carbocycles. The SMILES string of the molecule is [2H]N[B]C=O. The summed E-state index contributed by atoms with van der Waals surface area (Å²) < 4.78 is 6.07. The van der Waals surface area contributed by atoms with Crippen molar-refractivity contribution in [3.63, 3.8) is 0 Å². The van der Waals surface area contributed by atoms with Crippen LogP contribution in [-0.2, 0) is 4.79 Å². The van der Waals surface area contributed by atoms with Gasteiger partial charge in [-0.25, -0.2) is 0 Å². The first-order valence-electron chi connectivity index (χ1n) is 1.36. The van der Waals surface area contributed by atoms with Crippen LogP contribution in [-0.4, -0.2) is 13.6 Å². The number of rotatable bonds is 2. The molecule has 0 aliphatic rings. The van der Waals surface area contributed by atoms with Gasteiger partial charge >= 0.3 is 0 Å². The Morgan fingerprint density at radius 2 is 3.25 bits per heavy atom. The van der Waals surface area contributed by atoms with Crippen molar-refractivity contribution in [2.75, 3.05) is 0 Å². The van der Waals surface area contributed by atoms with Gasteiger partial charge in [0.05, 0.1) is 6.19 Å². The third-order valence-corrected chi connectivity index (χ3v) is 0.0680. The topological polar surface area (TPSA) is 43.1 Å². The van der Waals surface area contributed by atoms with Gasteiger partial charge in [-0.05, 0) is 0 Å². The fourth-order valence-corrected chi connectivity index (χ4v) is 0. The highest BCUT2D eigenvalue weighted by molar-refractivity contribution is 6.63. The molecular weight excluding hydrogens is 52.8 g/mol. The summed E-state index contributed by atoms with van der Waals surface area (Å²) in [6, 6.07) is 0. The molecule has 0 heterocycles. The van der Waals surface area contributed by atoms with Crippen LogP contribution in [0.4, 0.5) is 0 Å². The Kier molecular flexibility index (Phi) is 1.32. The monoisotopic (exact) mass is 57.0 g/mol. The largest absolute Gasteiger partial charge is 0.368 e. The van der Waals surface area contributed by atoms with Gasteiger partial charge in [-0.2, -0.15) is 0 Å². The molecule has 0 bridgehead atoms. The summed E-state index contributed by atoms with van der Waals surface area (Å²) in [5.74, 6) is 0. The lowest BCUT2D eigenvalue weighted by Crippen LogP contribution is -2.03. The first kappa shape index (κ1) is 1.97. The summed E-state index contributed by atoms with van der Waals surface area (Å²) in [6.07, 6.45) is 0.507. The Balaban J connectivity index is 2.40. The van der Waals surface area contributed by atoms with Gasteiger partial charge in [0.25, 0.3) is 7.41 Å². The zero-order valence-electron chi connectivity index (χ0n) is 3.06. The molecule has 0 spiro atoms. The summed E-state index contributed by atoms with van der Waals surface area (Å²) in [7, 11) is 0.986. The van der Waals surface area contributed by atoms with Gasteiger partial charge in [-0.15, -0.1) is 0 Å². The molecule has 0 aromatic heterocycles. The Hall–Kier alpha value is -0.305. The molecule has 2 N–H and O–H groups in total. The van der Waals surface area contributed by atoms with Crippen molar-refractivity contribution in [2.24, 2.45) is 5.64 Å². The van der Waals surface area contributed by atoms with Crippen molar-refractivity contribution in [3.05, 3.63) is 0 Å². The molecule has 0 amide bonds. The first-order chi connectivity index (χ1) is 2.41. The Labute approximate surface area is 26.7 Å². The molecule has 0 saturated heterocycles. The lowest BCUT2D eigenvalue weighted by atomic mass is 10.0. The quantitative estimate of drug-likeness (QED) is 0.318. The van der Waals surface area contributed by atoms with Gasteiger partial charge in [0.1, 0.15) is 1.41 Å². The number of carbonyl (C=O) groups excluding carboxylic acids is 1. The molecule has 0 atom stereocenters. The lowest BCUT2D eigenvalue weighted by molar-refractivity contribution is 0.568. The zero-order chi connectivity index (χ0) is 4.12. The van der Waals surface area contributed by atoms with E-state index in [1.807, 2.05) is 0 Å². The fraction of sp³-hybridized carbons (Fsp3) is 0. The number of carbonyl (C=O) groups is 1. The molecule has 0 unspecified atom stereocenters. The van der Waals surface area contributed by atoms with Crippen molar-refractivity contribution in [3.8, 4) is 0 Å². The Morgan fingerprint density at radius 1 is 2.50 bits per heavy atom. The third kappa shape index (κ3) is 1.69. The highest BCUT2D eigenvalue weighted by Crippen LogP contribution is 1.11. The van der Waals surface area contributed by atoms with Gasteiger partial charge in [0.2, 0.25) is 0 Å². The van der Waals surface area contributed by atoms with Crippen LogP contribution in [0.25, 0.3) is 0 Å². The summed E-state index contributed by atoms with van der Waals surface area (Å²) in [5.41, 5.74) is 1.77. The highest BCUT2D eigenvalue weighted by atomic mass is 16.1. The fourth-order valence-electron chi connectivity index (χ4n) is 0. The van der Waals surface area contributed by atoms with E-state index in [2.05, 4.69) is 0 Å². The predicted octanol–water partition coefficient (Wildman–Crippen LogP) is -1.25. The van der Waals surface area contributed by atoms with E-state index in [0.717, 1.165) is 7.41 Å². The van der Waals surface area contributed by atoms with Crippen LogP contribution in [0.3, 0.4) is 0 Å². The van der Waals surface area contributed by atoms with Crippen LogP contribution in [0.15, 0.2) is 0 Å². The minimum atomic E-state index is 0.507. The smallest absolute Gasteiger partial charge is 0.287 e. The van der Waals surface area contributed by atoms with Crippen molar-refractivity contribution < 1.29 is 6.21 Å². The van der Waals surface area contributed by atoms with Crippen LogP contribution in [0, 0.1) is 0 Å². The van der Waals surface area contributed by atoms with Crippen LogP contribution in [0.1, 0.15) is 0 Å². The second kappa shape index (κ2) is 2.69. The molecule has 0 aromatic carbocycles. The molecule has 4 heavy (non-hydrogen) atoms. The molecule has 21 valence electrons. The molecule has 0 fully saturated rings. The van der Waals surface area contributed by atoms with Crippen LogP contribution < -0.4 is 5.64 Å². The number of hydrogen-bond donors (Lipinski definition) is 1. The van der Waals surface area contributed by atoms with Crippen LogP contribution >= 0.6 is 0 Å². The highest BCUT2D eigenvalue weighted by Gasteiger charge is 1.60. The second-order valence-electron chi connectivity index (χ2n) is 0.303. The second-order valence-corrected chi connectivity index (χ2v) is 0.303. The Morgan fingerprint density at radius 3 is 3.25 bits per heavy atom. The van der Waals surface area contributed by atoms with Crippen molar-refractivity contribution in [1.82, 2.24) is 0 Å². The van der Waals surface area contributed by atoms with Gasteiger partial charge in [0.15, 0.2) is 0 Å². The van der Waals surface area contributed by atoms with E-state index in [1.165, 1.54) is 0 Å². The maximum atomic E-state index is 9.17. The minimum Gasteiger partial charge on any atom is -0.368 e. The van der Waals surface area contributed by atoms with E-state index in [9.17, 15) is 0 Å². The summed E-state index contributed by atoms with van der Waals surface area (Å²) in [6.45, 7) is 0. The summed E-state index contributed by atoms with van der Waals surface area (Å²) in [4.78, 5) is 9.17. The van der Waals surface area contributed by atoms with Crippen LogP contribution in [0.5, 0.6) is 0 Å². The number of nitrogens with two attached hydrogens (primary N) is 1. The molecule has 3 heteroatoms. The van der Waals surface area contributed by atoms with Crippen molar-refractivity contribution in [1.29, 1.82) is 0 Å². The standard InChI is InChI=1S/CH3BNO/c3-2-1-4/h1H,3H2/i3D. The van der Waals surface area contributed by atoms with Gasteiger partial charge in [0, 0.05) is 0 Å². The van der Waals surface area contributed by atoms with Crippen molar-refractivity contribution >= 4 is 13.6 Å². The van der Waals surface area contributed by atoms with E-state index in [-0.39, 0.29) is 0 Å². The van der Waals surface area contributed by atoms with Crippen LogP contribution in [0.2, 0.25) is 1.41 Å². The Bertz CT molecular complexity index is 32.8. The molecule has 0 saturated carbocycles. The van der Waals surface area contributed by atoms with Gasteiger partial charge in [-0.1, -0.05) is 0 Å². The molecule has 0 rings (SSSR count). The van der Waals surface area contributed by atoms with E-state index >= 15 is 0 Å². The zero-order valence-corrected chi connectivity index (χ0v) is 2.06. The molecule has 1 radical (unpaired) electrons. The maximum absolute atomic E-state index is 9.17. The lowest BCUT2D eigenvalue weighted by Gasteiger charge is -1.48. The summed E-state index contributed by atoms with van der Waals surface area (Å²) >= 11 is 0. The van der Waals surface area contributed by atoms with Crippen molar-refractivity contribution in [2.45, 2.75) is 0 Å². The molecule has 2 nitrogen and oxygen atoms in total. The molecule has 0 aliphatic heterocycles. The average molecular weight is 56.9 g/mol. The number of hydrogen-bond acceptors (Lipinski definition) is 2. The molecular formula is CH3BNO. The normalized spacial score (nSPS) is 8.50.